The average Bonchev–Trinajstić information content (AvgIpc) is 2.75. The summed E-state index contributed by atoms with van der Waals surface area (Å²) in [6.45, 7) is 2.23. The predicted molar refractivity (Wildman–Crippen MR) is 116 cm³/mol. The number of rotatable bonds is 9. The van der Waals surface area contributed by atoms with Gasteiger partial charge in [-0.3, -0.25) is 0 Å². The smallest absolute Gasteiger partial charge is 0.341 e. The molecule has 0 heterocycles. The quantitative estimate of drug-likeness (QED) is 0.310. The molecule has 0 radical (unpaired) electrons. The highest BCUT2D eigenvalue weighted by atomic mass is 19.1. The zero-order valence-corrected chi connectivity index (χ0v) is 17.8. The Morgan fingerprint density at radius 2 is 1.57 bits per heavy atom. The number of carbonyl (C=O) groups is 1. The summed E-state index contributed by atoms with van der Waals surface area (Å²) in [6.07, 6.45) is 11.6. The van der Waals surface area contributed by atoms with Crippen molar-refractivity contribution in [2.45, 2.75) is 77.2 Å². The van der Waals surface area contributed by atoms with Crippen molar-refractivity contribution < 1.29 is 18.3 Å². The van der Waals surface area contributed by atoms with Crippen molar-refractivity contribution in [3.63, 3.8) is 0 Å². The first-order chi connectivity index (χ1) is 14.6. The van der Waals surface area contributed by atoms with Gasteiger partial charge in [-0.05, 0) is 67.0 Å². The number of halogens is 2. The highest BCUT2D eigenvalue weighted by Gasteiger charge is 2.25. The second kappa shape index (κ2) is 11.2. The second-order valence-electron chi connectivity index (χ2n) is 8.45. The Morgan fingerprint density at radius 3 is 2.23 bits per heavy atom. The third-order valence-electron chi connectivity index (χ3n) is 6.15. The average molecular weight is 415 g/mol. The number of ether oxygens (including phenoxy) is 1. The molecule has 0 aliphatic heterocycles. The van der Waals surface area contributed by atoms with Gasteiger partial charge in [-0.2, -0.15) is 0 Å². The van der Waals surface area contributed by atoms with E-state index < -0.39 is 11.8 Å². The Balaban J connectivity index is 1.48. The molecule has 0 bridgehead atoms. The van der Waals surface area contributed by atoms with Gasteiger partial charge >= 0.3 is 5.97 Å². The van der Waals surface area contributed by atoms with Gasteiger partial charge in [-0.1, -0.05) is 63.6 Å². The van der Waals surface area contributed by atoms with E-state index in [1.54, 1.807) is 18.2 Å². The van der Waals surface area contributed by atoms with E-state index in [1.807, 2.05) is 0 Å². The van der Waals surface area contributed by atoms with Crippen LogP contribution >= 0.6 is 0 Å². The summed E-state index contributed by atoms with van der Waals surface area (Å²) in [5.41, 5.74) is 1.26. The van der Waals surface area contributed by atoms with E-state index in [0.717, 1.165) is 31.6 Å². The van der Waals surface area contributed by atoms with Crippen molar-refractivity contribution in [1.29, 1.82) is 0 Å². The van der Waals surface area contributed by atoms with E-state index in [9.17, 15) is 13.6 Å². The van der Waals surface area contributed by atoms with Crippen LogP contribution in [0.15, 0.2) is 42.5 Å². The van der Waals surface area contributed by atoms with Crippen LogP contribution in [0.3, 0.4) is 0 Å². The van der Waals surface area contributed by atoms with Gasteiger partial charge < -0.3 is 4.74 Å². The molecule has 0 unspecified atom stereocenters. The summed E-state index contributed by atoms with van der Waals surface area (Å²) >= 11 is 0. The van der Waals surface area contributed by atoms with Gasteiger partial charge in [0, 0.05) is 0 Å². The topological polar surface area (TPSA) is 26.3 Å². The van der Waals surface area contributed by atoms with Gasteiger partial charge in [0.25, 0.3) is 0 Å². The molecule has 1 aliphatic carbocycles. The highest BCUT2D eigenvalue weighted by Crippen LogP contribution is 2.31. The molecule has 2 aromatic rings. The molecular weight excluding hydrogens is 382 g/mol. The van der Waals surface area contributed by atoms with Crippen LogP contribution in [0.4, 0.5) is 8.78 Å². The minimum absolute atomic E-state index is 0.0427. The largest absolute Gasteiger partial charge is 0.459 e. The van der Waals surface area contributed by atoms with Crippen LogP contribution in [-0.4, -0.2) is 12.1 Å². The summed E-state index contributed by atoms with van der Waals surface area (Å²) in [5.74, 6) is -0.817. The van der Waals surface area contributed by atoms with Gasteiger partial charge in [0.05, 0.1) is 5.56 Å². The van der Waals surface area contributed by atoms with Crippen molar-refractivity contribution in [1.82, 2.24) is 0 Å². The molecular formula is C26H32F2O2. The Morgan fingerprint density at radius 1 is 0.900 bits per heavy atom. The van der Waals surface area contributed by atoms with Crippen molar-refractivity contribution in [3.05, 3.63) is 59.7 Å². The maximum Gasteiger partial charge on any atom is 0.341 e. The SMILES string of the molecule is CCCCCCC[C@H]1CC[C@H](OC(=O)c2ccc(-c3ccc(F)cc3)cc2F)CC1. The molecule has 0 aromatic heterocycles. The fourth-order valence-corrected chi connectivity index (χ4v) is 4.29. The molecule has 3 rings (SSSR count). The third-order valence-corrected chi connectivity index (χ3v) is 6.15. The second-order valence-corrected chi connectivity index (χ2v) is 8.45. The monoisotopic (exact) mass is 414 g/mol. The molecule has 162 valence electrons. The maximum absolute atomic E-state index is 14.5. The van der Waals surface area contributed by atoms with Crippen LogP contribution in [0.5, 0.6) is 0 Å². The Bertz CT molecular complexity index is 808. The lowest BCUT2D eigenvalue weighted by atomic mass is 9.84. The van der Waals surface area contributed by atoms with Gasteiger partial charge in [0.1, 0.15) is 17.7 Å². The number of unbranched alkanes of at least 4 members (excludes halogenated alkanes) is 4. The van der Waals surface area contributed by atoms with Gasteiger partial charge in [0.15, 0.2) is 0 Å². The van der Waals surface area contributed by atoms with Gasteiger partial charge in [-0.15, -0.1) is 0 Å². The summed E-state index contributed by atoms with van der Waals surface area (Å²) in [5, 5.41) is 0. The van der Waals surface area contributed by atoms with E-state index >= 15 is 0 Å². The van der Waals surface area contributed by atoms with Crippen LogP contribution < -0.4 is 0 Å². The summed E-state index contributed by atoms with van der Waals surface area (Å²) < 4.78 is 33.2. The molecule has 2 aromatic carbocycles. The Kier molecular flexibility index (Phi) is 8.41. The van der Waals surface area contributed by atoms with E-state index in [2.05, 4.69) is 6.92 Å². The van der Waals surface area contributed by atoms with Crippen LogP contribution in [0.1, 0.15) is 81.5 Å². The van der Waals surface area contributed by atoms with Crippen LogP contribution in [0, 0.1) is 17.6 Å². The van der Waals surface area contributed by atoms with Crippen molar-refractivity contribution in [3.8, 4) is 11.1 Å². The zero-order valence-electron chi connectivity index (χ0n) is 17.8. The lowest BCUT2D eigenvalue weighted by Gasteiger charge is -2.28. The van der Waals surface area contributed by atoms with Crippen LogP contribution in [0.2, 0.25) is 0 Å². The molecule has 1 fully saturated rings. The fraction of sp³-hybridized carbons (Fsp3) is 0.500. The summed E-state index contributed by atoms with van der Waals surface area (Å²) in [4.78, 5) is 12.5. The van der Waals surface area contributed by atoms with E-state index in [4.69, 9.17) is 4.74 Å². The lowest BCUT2D eigenvalue weighted by Crippen LogP contribution is -2.25. The van der Waals surface area contributed by atoms with E-state index in [0.29, 0.717) is 11.1 Å². The Labute approximate surface area is 178 Å². The van der Waals surface area contributed by atoms with Gasteiger partial charge in [-0.25, -0.2) is 13.6 Å². The third kappa shape index (κ3) is 6.38. The first-order valence-electron chi connectivity index (χ1n) is 11.3. The van der Waals surface area contributed by atoms with E-state index in [1.165, 1.54) is 62.8 Å². The minimum Gasteiger partial charge on any atom is -0.459 e. The van der Waals surface area contributed by atoms with E-state index in [-0.39, 0.29) is 17.5 Å². The molecule has 0 saturated heterocycles. The number of hydrogen-bond acceptors (Lipinski definition) is 2. The number of carbonyl (C=O) groups excluding carboxylic acids is 1. The molecule has 0 amide bonds. The summed E-state index contributed by atoms with van der Waals surface area (Å²) in [7, 11) is 0. The predicted octanol–water partition coefficient (Wildman–Crippen LogP) is 7.71. The first kappa shape index (κ1) is 22.5. The van der Waals surface area contributed by atoms with Crippen molar-refractivity contribution in [2.75, 3.05) is 0 Å². The first-order valence-corrected chi connectivity index (χ1v) is 11.3. The summed E-state index contributed by atoms with van der Waals surface area (Å²) in [6, 6.07) is 10.3. The number of benzene rings is 2. The number of esters is 1. The van der Waals surface area contributed by atoms with Crippen LogP contribution in [0.25, 0.3) is 11.1 Å². The molecule has 0 atom stereocenters. The van der Waals surface area contributed by atoms with Gasteiger partial charge in [0.2, 0.25) is 0 Å². The molecule has 30 heavy (non-hydrogen) atoms. The van der Waals surface area contributed by atoms with Crippen molar-refractivity contribution >= 4 is 5.97 Å². The Hall–Kier alpha value is -2.23. The molecule has 2 nitrogen and oxygen atoms in total. The number of hydrogen-bond donors (Lipinski definition) is 0. The normalized spacial score (nSPS) is 18.9. The molecule has 0 spiro atoms. The maximum atomic E-state index is 14.5. The lowest BCUT2D eigenvalue weighted by molar-refractivity contribution is 0.0156. The van der Waals surface area contributed by atoms with Crippen LogP contribution in [-0.2, 0) is 4.74 Å². The van der Waals surface area contributed by atoms with Crippen molar-refractivity contribution in [2.24, 2.45) is 5.92 Å². The molecule has 1 saturated carbocycles. The minimum atomic E-state index is -0.609. The zero-order chi connectivity index (χ0) is 21.3. The highest BCUT2D eigenvalue weighted by molar-refractivity contribution is 5.90. The molecule has 1 aliphatic rings. The molecule has 0 N–H and O–H groups in total. The fourth-order valence-electron chi connectivity index (χ4n) is 4.29. The standard InChI is InChI=1S/C26H32F2O2/c1-2-3-4-5-6-7-19-8-15-23(16-9-19)30-26(29)24-17-12-21(18-25(24)28)20-10-13-22(27)14-11-20/h10-14,17-19,23H,2-9,15-16H2,1H3/t19-,23-. The molecule has 4 heteroatoms.